The maximum absolute atomic E-state index is 12.1. The van der Waals surface area contributed by atoms with Crippen LogP contribution in [0.25, 0.3) is 11.1 Å². The predicted octanol–water partition coefficient (Wildman–Crippen LogP) is 4.39. The molecule has 0 saturated carbocycles. The lowest BCUT2D eigenvalue weighted by molar-refractivity contribution is -0.138. The Hall–Kier alpha value is -4.06. The van der Waals surface area contributed by atoms with Crippen LogP contribution < -0.4 is 9.47 Å². The molecule has 3 aromatic carbocycles. The number of hydrogen-bond donors (Lipinski definition) is 1. The zero-order chi connectivity index (χ0) is 21.3. The summed E-state index contributed by atoms with van der Waals surface area (Å²) < 4.78 is 15.7. The van der Waals surface area contributed by atoms with Crippen molar-refractivity contribution in [2.24, 2.45) is 0 Å². The fourth-order valence-corrected chi connectivity index (χ4v) is 2.58. The van der Waals surface area contributed by atoms with E-state index in [0.29, 0.717) is 17.1 Å². The first-order valence-electron chi connectivity index (χ1n) is 9.19. The molecule has 152 valence electrons. The molecule has 0 radical (unpaired) electrons. The lowest BCUT2D eigenvalue weighted by Gasteiger charge is -2.08. The zero-order valence-electron chi connectivity index (χ0n) is 16.1. The number of phenolic OH excluding ortho intramolecular Hbond substituents is 1. The second kappa shape index (κ2) is 9.93. The van der Waals surface area contributed by atoms with E-state index >= 15 is 0 Å². The van der Waals surface area contributed by atoms with E-state index in [4.69, 9.17) is 14.2 Å². The maximum atomic E-state index is 12.1. The normalized spacial score (nSPS) is 10.1. The molecule has 0 atom stereocenters. The third kappa shape index (κ3) is 5.72. The molecule has 0 aliphatic carbocycles. The van der Waals surface area contributed by atoms with Crippen molar-refractivity contribution in [2.45, 2.75) is 0 Å². The van der Waals surface area contributed by atoms with Gasteiger partial charge in [0.05, 0.1) is 5.56 Å². The van der Waals surface area contributed by atoms with Crippen molar-refractivity contribution in [2.75, 3.05) is 13.2 Å². The fraction of sp³-hybridized carbons (Fsp3) is 0.0833. The van der Waals surface area contributed by atoms with Crippen LogP contribution in [0.2, 0.25) is 0 Å². The summed E-state index contributed by atoms with van der Waals surface area (Å²) >= 11 is 0. The van der Waals surface area contributed by atoms with Crippen LogP contribution in [-0.2, 0) is 9.53 Å². The maximum Gasteiger partial charge on any atom is 0.343 e. The molecule has 3 rings (SSSR count). The van der Waals surface area contributed by atoms with E-state index in [1.165, 1.54) is 24.3 Å². The number of ether oxygens (including phenoxy) is 3. The van der Waals surface area contributed by atoms with Gasteiger partial charge >= 0.3 is 11.9 Å². The summed E-state index contributed by atoms with van der Waals surface area (Å²) in [4.78, 5) is 23.1. The van der Waals surface area contributed by atoms with Crippen molar-refractivity contribution in [3.8, 4) is 28.4 Å². The fourth-order valence-electron chi connectivity index (χ4n) is 2.58. The number of carbonyl (C=O) groups excluding carboxylic acids is 2. The highest BCUT2D eigenvalue weighted by atomic mass is 16.6. The van der Waals surface area contributed by atoms with Gasteiger partial charge in [0, 0.05) is 6.08 Å². The number of esters is 2. The number of carbonyl (C=O) groups is 2. The molecule has 0 spiro atoms. The van der Waals surface area contributed by atoms with Crippen molar-refractivity contribution >= 4 is 11.9 Å². The summed E-state index contributed by atoms with van der Waals surface area (Å²) in [6.45, 7) is 3.72. The van der Waals surface area contributed by atoms with Gasteiger partial charge in [-0.2, -0.15) is 0 Å². The molecule has 3 aromatic rings. The number of hydrogen-bond acceptors (Lipinski definition) is 6. The van der Waals surface area contributed by atoms with Crippen LogP contribution in [-0.4, -0.2) is 30.3 Å². The van der Waals surface area contributed by atoms with Crippen molar-refractivity contribution in [3.63, 3.8) is 0 Å². The Morgan fingerprint density at radius 2 is 1.37 bits per heavy atom. The molecule has 0 heterocycles. The van der Waals surface area contributed by atoms with E-state index in [-0.39, 0.29) is 19.0 Å². The average molecular weight is 404 g/mol. The summed E-state index contributed by atoms with van der Waals surface area (Å²) in [6.07, 6.45) is 1.11. The molecule has 0 amide bonds. The van der Waals surface area contributed by atoms with Gasteiger partial charge in [-0.05, 0) is 59.7 Å². The van der Waals surface area contributed by atoms with Gasteiger partial charge in [0.1, 0.15) is 30.5 Å². The largest absolute Gasteiger partial charge is 0.508 e. The Morgan fingerprint density at radius 3 is 1.93 bits per heavy atom. The number of benzene rings is 3. The molecule has 0 aliphatic rings. The molecule has 1 N–H and O–H groups in total. The van der Waals surface area contributed by atoms with Gasteiger partial charge in [-0.1, -0.05) is 30.8 Å². The molecular weight excluding hydrogens is 384 g/mol. The van der Waals surface area contributed by atoms with E-state index in [1.54, 1.807) is 12.1 Å². The Morgan fingerprint density at radius 1 is 0.800 bits per heavy atom. The van der Waals surface area contributed by atoms with Gasteiger partial charge < -0.3 is 19.3 Å². The number of rotatable bonds is 8. The molecular formula is C24H20O6. The highest BCUT2D eigenvalue weighted by molar-refractivity contribution is 5.91. The van der Waals surface area contributed by atoms with Crippen molar-refractivity contribution < 1.29 is 28.9 Å². The molecule has 0 saturated heterocycles. The second-order valence-electron chi connectivity index (χ2n) is 6.21. The van der Waals surface area contributed by atoms with Gasteiger partial charge in [-0.15, -0.1) is 0 Å². The Kier molecular flexibility index (Phi) is 6.84. The molecule has 30 heavy (non-hydrogen) atoms. The van der Waals surface area contributed by atoms with E-state index in [2.05, 4.69) is 6.58 Å². The lowest BCUT2D eigenvalue weighted by Crippen LogP contribution is -2.10. The summed E-state index contributed by atoms with van der Waals surface area (Å²) in [7, 11) is 0. The van der Waals surface area contributed by atoms with Crippen LogP contribution in [0.4, 0.5) is 0 Å². The van der Waals surface area contributed by atoms with Gasteiger partial charge in [0.2, 0.25) is 0 Å². The van der Waals surface area contributed by atoms with Crippen LogP contribution in [0, 0.1) is 0 Å². The molecule has 0 bridgehead atoms. The quantitative estimate of drug-likeness (QED) is 0.260. The van der Waals surface area contributed by atoms with Gasteiger partial charge in [0.15, 0.2) is 0 Å². The van der Waals surface area contributed by atoms with E-state index < -0.39 is 11.9 Å². The van der Waals surface area contributed by atoms with E-state index in [1.807, 2.05) is 36.4 Å². The SMILES string of the molecule is C=CC(=O)OCCOc1ccc(-c2ccc(OC(=O)c3ccc(O)cc3)cc2)cc1. The Labute approximate surface area is 174 Å². The monoisotopic (exact) mass is 404 g/mol. The topological polar surface area (TPSA) is 82.1 Å². The lowest BCUT2D eigenvalue weighted by atomic mass is 10.1. The summed E-state index contributed by atoms with van der Waals surface area (Å²) in [5.41, 5.74) is 2.27. The molecule has 0 fully saturated rings. The van der Waals surface area contributed by atoms with Crippen molar-refractivity contribution in [3.05, 3.63) is 91.0 Å². The van der Waals surface area contributed by atoms with Crippen LogP contribution in [0.3, 0.4) is 0 Å². The minimum Gasteiger partial charge on any atom is -0.508 e. The summed E-state index contributed by atoms with van der Waals surface area (Å²) in [6, 6.07) is 20.4. The van der Waals surface area contributed by atoms with Crippen LogP contribution in [0.1, 0.15) is 10.4 Å². The van der Waals surface area contributed by atoms with Gasteiger partial charge in [0.25, 0.3) is 0 Å². The molecule has 0 aliphatic heterocycles. The summed E-state index contributed by atoms with van der Waals surface area (Å²) in [5.74, 6) is 0.191. The minimum absolute atomic E-state index is 0.0865. The van der Waals surface area contributed by atoms with Crippen LogP contribution in [0.15, 0.2) is 85.5 Å². The smallest absolute Gasteiger partial charge is 0.343 e. The first-order valence-corrected chi connectivity index (χ1v) is 9.19. The Bertz CT molecular complexity index is 1010. The predicted molar refractivity (Wildman–Crippen MR) is 112 cm³/mol. The Balaban J connectivity index is 1.55. The highest BCUT2D eigenvalue weighted by Gasteiger charge is 2.09. The van der Waals surface area contributed by atoms with Gasteiger partial charge in [-0.25, -0.2) is 9.59 Å². The van der Waals surface area contributed by atoms with Gasteiger partial charge in [-0.3, -0.25) is 0 Å². The third-order valence-electron chi connectivity index (χ3n) is 4.12. The zero-order valence-corrected chi connectivity index (χ0v) is 16.1. The average Bonchev–Trinajstić information content (AvgIpc) is 2.78. The van der Waals surface area contributed by atoms with Crippen molar-refractivity contribution in [1.82, 2.24) is 0 Å². The summed E-state index contributed by atoms with van der Waals surface area (Å²) in [5, 5.41) is 9.29. The van der Waals surface area contributed by atoms with E-state index in [9.17, 15) is 14.7 Å². The van der Waals surface area contributed by atoms with Crippen LogP contribution in [0.5, 0.6) is 17.2 Å². The van der Waals surface area contributed by atoms with Crippen molar-refractivity contribution in [1.29, 1.82) is 0 Å². The van der Waals surface area contributed by atoms with Crippen LogP contribution >= 0.6 is 0 Å². The molecule has 6 nitrogen and oxygen atoms in total. The number of aromatic hydroxyl groups is 1. The minimum atomic E-state index is -0.497. The number of phenols is 1. The first kappa shape index (κ1) is 20.7. The first-order chi connectivity index (χ1) is 14.5. The van der Waals surface area contributed by atoms with E-state index in [0.717, 1.165) is 17.2 Å². The molecule has 6 heteroatoms. The second-order valence-corrected chi connectivity index (χ2v) is 6.21. The third-order valence-corrected chi connectivity index (χ3v) is 4.12. The molecule has 0 aromatic heterocycles. The highest BCUT2D eigenvalue weighted by Crippen LogP contribution is 2.25. The standard InChI is InChI=1S/C24H20O6/c1-2-23(26)29-16-15-28-21-11-5-17(6-12-21)18-7-13-22(14-8-18)30-24(27)19-3-9-20(25)10-4-19/h2-14,25H,1,15-16H2. The molecule has 0 unspecified atom stereocenters.